The van der Waals surface area contributed by atoms with E-state index in [1.54, 1.807) is 12.1 Å². The Bertz CT molecular complexity index is 398. The molecule has 0 heterocycles. The third-order valence-electron chi connectivity index (χ3n) is 1.98. The third kappa shape index (κ3) is 5.70. The van der Waals surface area contributed by atoms with Gasteiger partial charge in [-0.1, -0.05) is 12.1 Å². The highest BCUT2D eigenvalue weighted by Crippen LogP contribution is 2.13. The molecule has 0 fully saturated rings. The van der Waals surface area contributed by atoms with Crippen molar-refractivity contribution in [3.8, 4) is 5.75 Å². The molecule has 0 aromatic heterocycles. The molecule has 1 radical (unpaired) electrons. The summed E-state index contributed by atoms with van der Waals surface area (Å²) in [4.78, 5) is 21.3. The van der Waals surface area contributed by atoms with E-state index in [9.17, 15) is 9.59 Å². The van der Waals surface area contributed by atoms with Crippen LogP contribution in [0.4, 0.5) is 0 Å². The maximum atomic E-state index is 10.8. The second-order valence-electron chi connectivity index (χ2n) is 3.58. The second-order valence-corrected chi connectivity index (χ2v) is 3.58. The summed E-state index contributed by atoms with van der Waals surface area (Å²) in [5.41, 5.74) is 0.927. The van der Waals surface area contributed by atoms with Gasteiger partial charge >= 0.3 is 11.9 Å². The van der Waals surface area contributed by atoms with Crippen molar-refractivity contribution in [2.45, 2.75) is 26.7 Å². The summed E-state index contributed by atoms with van der Waals surface area (Å²) >= 11 is 0. The lowest BCUT2D eigenvalue weighted by Gasteiger charge is -2.04. The standard InChI is InChI=1S/C13H15O4/c1-10(14)16-8-4-6-12-5-3-7-13(9-12)17-11(2)15/h3,5,7H,4,6,8H2,1-2H3. The first-order valence-corrected chi connectivity index (χ1v) is 5.41. The molecular formula is C13H15O4. The minimum absolute atomic E-state index is 0.275. The average Bonchev–Trinajstić information content (AvgIpc) is 2.24. The predicted octanol–water partition coefficient (Wildman–Crippen LogP) is 1.91. The number of rotatable bonds is 5. The van der Waals surface area contributed by atoms with Gasteiger partial charge in [0.05, 0.1) is 6.61 Å². The molecule has 1 aromatic rings. The van der Waals surface area contributed by atoms with Crippen LogP contribution in [0.2, 0.25) is 0 Å². The van der Waals surface area contributed by atoms with E-state index >= 15 is 0 Å². The molecule has 0 N–H and O–H groups in total. The van der Waals surface area contributed by atoms with Crippen LogP contribution in [0, 0.1) is 6.07 Å². The zero-order chi connectivity index (χ0) is 12.7. The van der Waals surface area contributed by atoms with Crippen LogP contribution in [0.5, 0.6) is 5.75 Å². The van der Waals surface area contributed by atoms with Gasteiger partial charge in [-0.05, 0) is 24.5 Å². The summed E-state index contributed by atoms with van der Waals surface area (Å²) in [5.74, 6) is -0.219. The lowest BCUT2D eigenvalue weighted by Crippen LogP contribution is -2.03. The number of ether oxygens (including phenoxy) is 2. The Hall–Kier alpha value is -1.84. The molecule has 0 spiro atoms. The van der Waals surface area contributed by atoms with Crippen LogP contribution in [0.1, 0.15) is 25.8 Å². The quantitative estimate of drug-likeness (QED) is 0.444. The van der Waals surface area contributed by atoms with E-state index in [-0.39, 0.29) is 11.9 Å². The molecule has 1 aromatic carbocycles. The van der Waals surface area contributed by atoms with Gasteiger partial charge in [0.2, 0.25) is 0 Å². The molecule has 4 heteroatoms. The molecule has 0 unspecified atom stereocenters. The molecule has 0 saturated heterocycles. The molecule has 0 aliphatic heterocycles. The minimum atomic E-state index is -0.363. The Labute approximate surface area is 101 Å². The Kier molecular flexibility index (Phi) is 5.20. The lowest BCUT2D eigenvalue weighted by molar-refractivity contribution is -0.141. The lowest BCUT2D eigenvalue weighted by atomic mass is 10.1. The van der Waals surface area contributed by atoms with Crippen LogP contribution >= 0.6 is 0 Å². The zero-order valence-electron chi connectivity index (χ0n) is 9.99. The van der Waals surface area contributed by atoms with E-state index in [0.29, 0.717) is 12.4 Å². The van der Waals surface area contributed by atoms with Crippen molar-refractivity contribution in [1.82, 2.24) is 0 Å². The van der Waals surface area contributed by atoms with Crippen molar-refractivity contribution < 1.29 is 19.1 Å². The van der Waals surface area contributed by atoms with Gasteiger partial charge in [0, 0.05) is 19.9 Å². The summed E-state index contributed by atoms with van der Waals surface area (Å²) in [6.07, 6.45) is 1.45. The summed E-state index contributed by atoms with van der Waals surface area (Å²) in [5, 5.41) is 0. The molecule has 4 nitrogen and oxygen atoms in total. The van der Waals surface area contributed by atoms with Crippen molar-refractivity contribution in [3.05, 3.63) is 29.8 Å². The maximum absolute atomic E-state index is 10.8. The highest BCUT2D eigenvalue weighted by molar-refractivity contribution is 5.69. The first-order valence-electron chi connectivity index (χ1n) is 5.41. The molecular weight excluding hydrogens is 220 g/mol. The Morgan fingerprint density at radius 1 is 1.24 bits per heavy atom. The molecule has 17 heavy (non-hydrogen) atoms. The highest BCUT2D eigenvalue weighted by Gasteiger charge is 2.01. The van der Waals surface area contributed by atoms with E-state index in [1.807, 2.05) is 6.07 Å². The number of hydrogen-bond donors (Lipinski definition) is 0. The SMILES string of the molecule is CC(=O)OCCCc1[c]c(OC(C)=O)ccc1. The summed E-state index contributed by atoms with van der Waals surface area (Å²) in [6, 6.07) is 8.35. The Morgan fingerprint density at radius 2 is 2.00 bits per heavy atom. The minimum Gasteiger partial charge on any atom is -0.466 e. The zero-order valence-corrected chi connectivity index (χ0v) is 9.99. The molecule has 0 aliphatic carbocycles. The molecule has 0 atom stereocenters. The van der Waals surface area contributed by atoms with Crippen molar-refractivity contribution in [1.29, 1.82) is 0 Å². The number of carbonyl (C=O) groups is 2. The predicted molar refractivity (Wildman–Crippen MR) is 61.5 cm³/mol. The number of aryl methyl sites for hydroxylation is 1. The fourth-order valence-corrected chi connectivity index (χ4v) is 1.33. The molecule has 0 amide bonds. The van der Waals surface area contributed by atoms with Crippen molar-refractivity contribution in [3.63, 3.8) is 0 Å². The van der Waals surface area contributed by atoms with Crippen LogP contribution in [0.3, 0.4) is 0 Å². The van der Waals surface area contributed by atoms with Gasteiger partial charge in [-0.25, -0.2) is 0 Å². The third-order valence-corrected chi connectivity index (χ3v) is 1.98. The smallest absolute Gasteiger partial charge is 0.308 e. The summed E-state index contributed by atoms with van der Waals surface area (Å²) in [7, 11) is 0. The number of esters is 2. The Balaban J connectivity index is 2.42. The monoisotopic (exact) mass is 235 g/mol. The normalized spacial score (nSPS) is 9.76. The van der Waals surface area contributed by atoms with E-state index < -0.39 is 0 Å². The molecule has 0 saturated carbocycles. The summed E-state index contributed by atoms with van der Waals surface area (Å²) in [6.45, 7) is 3.12. The van der Waals surface area contributed by atoms with Gasteiger partial charge in [0.15, 0.2) is 0 Å². The molecule has 1 rings (SSSR count). The second kappa shape index (κ2) is 6.68. The Morgan fingerprint density at radius 3 is 2.65 bits per heavy atom. The van der Waals surface area contributed by atoms with Crippen LogP contribution < -0.4 is 4.74 Å². The molecule has 0 bridgehead atoms. The fraction of sp³-hybridized carbons (Fsp3) is 0.385. The van der Waals surface area contributed by atoms with Gasteiger partial charge in [0.1, 0.15) is 5.75 Å². The van der Waals surface area contributed by atoms with E-state index in [2.05, 4.69) is 6.07 Å². The van der Waals surface area contributed by atoms with Gasteiger partial charge in [-0.2, -0.15) is 0 Å². The topological polar surface area (TPSA) is 52.6 Å². The van der Waals surface area contributed by atoms with Gasteiger partial charge in [-0.3, -0.25) is 9.59 Å². The van der Waals surface area contributed by atoms with E-state index in [0.717, 1.165) is 18.4 Å². The first-order chi connectivity index (χ1) is 8.08. The largest absolute Gasteiger partial charge is 0.466 e. The van der Waals surface area contributed by atoms with Crippen LogP contribution in [-0.2, 0) is 20.7 Å². The van der Waals surface area contributed by atoms with E-state index in [1.165, 1.54) is 13.8 Å². The maximum Gasteiger partial charge on any atom is 0.308 e. The average molecular weight is 235 g/mol. The number of carbonyl (C=O) groups excluding carboxylic acids is 2. The van der Waals surface area contributed by atoms with Gasteiger partial charge in [-0.15, -0.1) is 0 Å². The van der Waals surface area contributed by atoms with Crippen molar-refractivity contribution >= 4 is 11.9 Å². The van der Waals surface area contributed by atoms with Crippen LogP contribution in [-0.4, -0.2) is 18.5 Å². The van der Waals surface area contributed by atoms with Crippen LogP contribution in [0.25, 0.3) is 0 Å². The van der Waals surface area contributed by atoms with Crippen molar-refractivity contribution in [2.24, 2.45) is 0 Å². The van der Waals surface area contributed by atoms with E-state index in [4.69, 9.17) is 9.47 Å². The van der Waals surface area contributed by atoms with Gasteiger partial charge in [0.25, 0.3) is 0 Å². The first kappa shape index (κ1) is 13.2. The molecule has 0 aliphatic rings. The number of hydrogen-bond acceptors (Lipinski definition) is 4. The summed E-state index contributed by atoms with van der Waals surface area (Å²) < 4.78 is 9.74. The van der Waals surface area contributed by atoms with Gasteiger partial charge < -0.3 is 9.47 Å². The molecule has 91 valence electrons. The van der Waals surface area contributed by atoms with Crippen LogP contribution in [0.15, 0.2) is 18.2 Å². The van der Waals surface area contributed by atoms with Crippen molar-refractivity contribution in [2.75, 3.05) is 6.61 Å². The fourth-order valence-electron chi connectivity index (χ4n) is 1.33. The highest BCUT2D eigenvalue weighted by atomic mass is 16.5. The number of benzene rings is 1.